The molecule has 29 heavy (non-hydrogen) atoms. The van der Waals surface area contributed by atoms with E-state index in [0.29, 0.717) is 24.4 Å². The predicted octanol–water partition coefficient (Wildman–Crippen LogP) is 2.07. The van der Waals surface area contributed by atoms with Crippen LogP contribution in [0.4, 0.5) is 0 Å². The summed E-state index contributed by atoms with van der Waals surface area (Å²) >= 11 is 0. The van der Waals surface area contributed by atoms with Crippen molar-refractivity contribution in [3.05, 3.63) is 54.4 Å². The van der Waals surface area contributed by atoms with E-state index in [1.165, 1.54) is 28.6 Å². The fraction of sp³-hybridized carbons (Fsp3) is 0.333. The highest BCUT2D eigenvalue weighted by atomic mass is 32.2. The van der Waals surface area contributed by atoms with Gasteiger partial charge >= 0.3 is 0 Å². The molecule has 0 bridgehead atoms. The molecule has 1 saturated heterocycles. The summed E-state index contributed by atoms with van der Waals surface area (Å²) in [7, 11) is -3.49. The number of ether oxygens (including phenoxy) is 1. The monoisotopic (exact) mass is 413 g/mol. The van der Waals surface area contributed by atoms with Gasteiger partial charge in [0.05, 0.1) is 17.6 Å². The zero-order valence-electron chi connectivity index (χ0n) is 16.0. The maximum Gasteiger partial charge on any atom is 0.252 e. The topological polar surface area (TPSA) is 88.6 Å². The molecule has 0 atom stereocenters. The van der Waals surface area contributed by atoms with Gasteiger partial charge < -0.3 is 10.1 Å². The number of sulfonamides is 1. The van der Waals surface area contributed by atoms with E-state index in [1.807, 2.05) is 0 Å². The fourth-order valence-electron chi connectivity index (χ4n) is 2.92. The summed E-state index contributed by atoms with van der Waals surface area (Å²) in [5.74, 6) is 5.93. The molecule has 1 N–H and O–H groups in total. The molecular formula is C21H23N3O4S. The van der Waals surface area contributed by atoms with Crippen LogP contribution in [0.2, 0.25) is 0 Å². The Balaban J connectivity index is 1.48. The molecular weight excluding hydrogens is 390 g/mol. The molecule has 0 unspecified atom stereocenters. The van der Waals surface area contributed by atoms with Gasteiger partial charge in [0, 0.05) is 24.8 Å². The normalized spacial score (nSPS) is 14.5. The molecule has 1 amide bonds. The zero-order chi connectivity index (χ0) is 20.5. The van der Waals surface area contributed by atoms with Crippen LogP contribution in [-0.4, -0.2) is 49.9 Å². The van der Waals surface area contributed by atoms with E-state index in [2.05, 4.69) is 22.1 Å². The van der Waals surface area contributed by atoms with Crippen LogP contribution in [0, 0.1) is 11.8 Å². The lowest BCUT2D eigenvalue weighted by molar-refractivity contribution is 0.0958. The van der Waals surface area contributed by atoms with Crippen LogP contribution in [0.5, 0.6) is 5.75 Å². The largest absolute Gasteiger partial charge is 0.479 e. The Bertz CT molecular complexity index is 974. The first-order valence-electron chi connectivity index (χ1n) is 9.44. The SMILES string of the molecule is O=C(NCC#CCOc1cccnc1)c1ccc(S(=O)(=O)N2CCCCC2)cc1. The van der Waals surface area contributed by atoms with Crippen LogP contribution in [0.1, 0.15) is 29.6 Å². The van der Waals surface area contributed by atoms with Crippen LogP contribution >= 0.6 is 0 Å². The highest BCUT2D eigenvalue weighted by Gasteiger charge is 2.25. The molecule has 1 fully saturated rings. The van der Waals surface area contributed by atoms with E-state index in [4.69, 9.17) is 4.74 Å². The number of nitrogens with one attached hydrogen (secondary N) is 1. The summed E-state index contributed by atoms with van der Waals surface area (Å²) < 4.78 is 32.2. The van der Waals surface area contributed by atoms with Gasteiger partial charge in [-0.2, -0.15) is 4.31 Å². The second kappa shape index (κ2) is 10.0. The molecule has 8 heteroatoms. The number of carbonyl (C=O) groups excluding carboxylic acids is 1. The highest BCUT2D eigenvalue weighted by Crippen LogP contribution is 2.20. The number of carbonyl (C=O) groups is 1. The standard InChI is InChI=1S/C21H23N3O4S/c25-21(23-13-2-5-16-28-19-7-6-12-22-17-19)18-8-10-20(11-9-18)29(26,27)24-14-3-1-4-15-24/h6-12,17H,1,3-4,13-16H2,(H,23,25). The van der Waals surface area contributed by atoms with E-state index in [9.17, 15) is 13.2 Å². The van der Waals surface area contributed by atoms with E-state index < -0.39 is 10.0 Å². The van der Waals surface area contributed by atoms with E-state index in [0.717, 1.165) is 19.3 Å². The van der Waals surface area contributed by atoms with Crippen molar-refractivity contribution in [2.24, 2.45) is 0 Å². The lowest BCUT2D eigenvalue weighted by Crippen LogP contribution is -2.35. The molecule has 1 aromatic heterocycles. The second-order valence-corrected chi connectivity index (χ2v) is 8.44. The average molecular weight is 413 g/mol. The number of piperidine rings is 1. The zero-order valence-corrected chi connectivity index (χ0v) is 16.8. The summed E-state index contributed by atoms with van der Waals surface area (Å²) in [5.41, 5.74) is 0.385. The third-order valence-electron chi connectivity index (χ3n) is 4.48. The van der Waals surface area contributed by atoms with Gasteiger partial charge in [0.2, 0.25) is 10.0 Å². The first-order valence-corrected chi connectivity index (χ1v) is 10.9. The summed E-state index contributed by atoms with van der Waals surface area (Å²) in [6.07, 6.45) is 6.08. The average Bonchev–Trinajstić information content (AvgIpc) is 2.77. The van der Waals surface area contributed by atoms with Crippen LogP contribution in [-0.2, 0) is 10.0 Å². The summed E-state index contributed by atoms with van der Waals surface area (Å²) in [4.78, 5) is 16.3. The minimum atomic E-state index is -3.49. The predicted molar refractivity (Wildman–Crippen MR) is 109 cm³/mol. The van der Waals surface area contributed by atoms with Gasteiger partial charge in [0.15, 0.2) is 0 Å². The smallest absolute Gasteiger partial charge is 0.252 e. The van der Waals surface area contributed by atoms with Gasteiger partial charge in [-0.1, -0.05) is 18.3 Å². The minimum Gasteiger partial charge on any atom is -0.479 e. The second-order valence-electron chi connectivity index (χ2n) is 6.50. The summed E-state index contributed by atoms with van der Waals surface area (Å²) in [6.45, 7) is 1.47. The van der Waals surface area contributed by atoms with E-state index >= 15 is 0 Å². The number of hydrogen-bond acceptors (Lipinski definition) is 5. The number of aromatic nitrogens is 1. The van der Waals surface area contributed by atoms with Gasteiger partial charge in [-0.15, -0.1) is 0 Å². The van der Waals surface area contributed by atoms with Crippen molar-refractivity contribution in [2.45, 2.75) is 24.2 Å². The highest BCUT2D eigenvalue weighted by molar-refractivity contribution is 7.89. The number of amides is 1. The Labute approximate surface area is 171 Å². The van der Waals surface area contributed by atoms with Crippen molar-refractivity contribution in [3.63, 3.8) is 0 Å². The number of nitrogens with zero attached hydrogens (tertiary/aromatic N) is 2. The molecule has 1 aliphatic rings. The van der Waals surface area contributed by atoms with Crippen molar-refractivity contribution < 1.29 is 17.9 Å². The van der Waals surface area contributed by atoms with Crippen LogP contribution in [0.3, 0.4) is 0 Å². The number of pyridine rings is 1. The maximum absolute atomic E-state index is 12.6. The summed E-state index contributed by atoms with van der Waals surface area (Å²) in [6, 6.07) is 9.55. The van der Waals surface area contributed by atoms with Gasteiger partial charge in [-0.05, 0) is 49.2 Å². The third kappa shape index (κ3) is 5.79. The Morgan fingerprint density at radius 3 is 2.55 bits per heavy atom. The molecule has 2 aromatic rings. The quantitative estimate of drug-likeness (QED) is 0.733. The molecule has 0 aliphatic carbocycles. The van der Waals surface area contributed by atoms with Gasteiger partial charge in [-0.25, -0.2) is 8.42 Å². The molecule has 0 spiro atoms. The number of rotatable bonds is 6. The maximum atomic E-state index is 12.6. The van der Waals surface area contributed by atoms with Crippen LogP contribution in [0.15, 0.2) is 53.7 Å². The van der Waals surface area contributed by atoms with Crippen molar-refractivity contribution >= 4 is 15.9 Å². The van der Waals surface area contributed by atoms with Gasteiger partial charge in [0.1, 0.15) is 12.4 Å². The van der Waals surface area contributed by atoms with E-state index in [-0.39, 0.29) is 24.0 Å². The van der Waals surface area contributed by atoms with Crippen molar-refractivity contribution in [1.82, 2.24) is 14.6 Å². The summed E-state index contributed by atoms with van der Waals surface area (Å²) in [5, 5.41) is 2.68. The molecule has 152 valence electrons. The lowest BCUT2D eigenvalue weighted by Gasteiger charge is -2.25. The third-order valence-corrected chi connectivity index (χ3v) is 6.39. The first kappa shape index (κ1) is 20.8. The van der Waals surface area contributed by atoms with Crippen molar-refractivity contribution in [2.75, 3.05) is 26.2 Å². The molecule has 3 rings (SSSR count). The Morgan fingerprint density at radius 1 is 1.10 bits per heavy atom. The first-order chi connectivity index (χ1) is 14.1. The van der Waals surface area contributed by atoms with Crippen molar-refractivity contribution in [3.8, 4) is 17.6 Å². The molecule has 1 aromatic carbocycles. The van der Waals surface area contributed by atoms with Gasteiger partial charge in [-0.3, -0.25) is 9.78 Å². The number of benzene rings is 1. The molecule has 7 nitrogen and oxygen atoms in total. The van der Waals surface area contributed by atoms with Crippen LogP contribution < -0.4 is 10.1 Å². The van der Waals surface area contributed by atoms with Crippen LogP contribution in [0.25, 0.3) is 0 Å². The molecule has 1 aliphatic heterocycles. The fourth-order valence-corrected chi connectivity index (χ4v) is 4.44. The molecule has 2 heterocycles. The van der Waals surface area contributed by atoms with Crippen molar-refractivity contribution in [1.29, 1.82) is 0 Å². The molecule has 0 radical (unpaired) electrons. The van der Waals surface area contributed by atoms with E-state index in [1.54, 1.807) is 24.5 Å². The minimum absolute atomic E-state index is 0.170. The Kier molecular flexibility index (Phi) is 7.22. The molecule has 0 saturated carbocycles. The van der Waals surface area contributed by atoms with Gasteiger partial charge in [0.25, 0.3) is 5.91 Å². The Morgan fingerprint density at radius 2 is 1.86 bits per heavy atom. The number of hydrogen-bond donors (Lipinski definition) is 1. The lowest BCUT2D eigenvalue weighted by atomic mass is 10.2. The Hall–Kier alpha value is -2.89.